The van der Waals surface area contributed by atoms with E-state index in [1.807, 2.05) is 0 Å². The molecule has 0 aromatic heterocycles. The van der Waals surface area contributed by atoms with Gasteiger partial charge in [0.15, 0.2) is 12.2 Å². The molecule has 5 atom stereocenters. The fourth-order valence-corrected chi connectivity index (χ4v) is 11.3. The fourth-order valence-electron chi connectivity index (χ4n) is 9.71. The molecule has 84 heavy (non-hydrogen) atoms. The van der Waals surface area contributed by atoms with Crippen LogP contribution in [0.5, 0.6) is 0 Å². The molecule has 0 spiro atoms. The highest BCUT2D eigenvalue weighted by Gasteiger charge is 2.30. The molecular formula is C65H126O17P2. The molecule has 0 heterocycles. The van der Waals surface area contributed by atoms with Gasteiger partial charge in [-0.1, -0.05) is 273 Å². The first-order valence-electron chi connectivity index (χ1n) is 34.0. The molecule has 17 nitrogen and oxygen atoms in total. The monoisotopic (exact) mass is 1240 g/mol. The molecule has 0 rings (SSSR count). The van der Waals surface area contributed by atoms with Crippen molar-refractivity contribution in [3.05, 3.63) is 0 Å². The second-order valence-electron chi connectivity index (χ2n) is 24.5. The summed E-state index contributed by atoms with van der Waals surface area (Å²) in [5.41, 5.74) is 0. The number of hydrogen-bond acceptors (Lipinski definition) is 15. The van der Waals surface area contributed by atoms with Crippen molar-refractivity contribution in [1.82, 2.24) is 0 Å². The number of phosphoric acid groups is 2. The molecule has 19 heteroatoms. The van der Waals surface area contributed by atoms with Crippen LogP contribution in [0.25, 0.3) is 0 Å². The second-order valence-corrected chi connectivity index (χ2v) is 27.4. The van der Waals surface area contributed by atoms with E-state index in [1.54, 1.807) is 0 Å². The summed E-state index contributed by atoms with van der Waals surface area (Å²) in [5, 5.41) is 10.5. The molecule has 0 saturated carbocycles. The highest BCUT2D eigenvalue weighted by Crippen LogP contribution is 2.45. The normalized spacial score (nSPS) is 14.3. The van der Waals surface area contributed by atoms with Crippen molar-refractivity contribution in [2.75, 3.05) is 39.6 Å². The third-order valence-corrected chi connectivity index (χ3v) is 16.9. The molecule has 0 aliphatic carbocycles. The number of esters is 4. The first-order valence-corrected chi connectivity index (χ1v) is 37.0. The molecule has 0 bridgehead atoms. The van der Waals surface area contributed by atoms with Crippen LogP contribution in [0, 0.1) is 11.8 Å². The maximum Gasteiger partial charge on any atom is 0.472 e. The number of carbonyl (C=O) groups excluding carboxylic acids is 4. The minimum absolute atomic E-state index is 0.106. The number of ether oxygens (including phenoxy) is 4. The third kappa shape index (κ3) is 59.0. The van der Waals surface area contributed by atoms with E-state index in [0.29, 0.717) is 31.6 Å². The third-order valence-electron chi connectivity index (χ3n) is 15.0. The van der Waals surface area contributed by atoms with Gasteiger partial charge in [-0.05, 0) is 37.5 Å². The lowest BCUT2D eigenvalue weighted by Gasteiger charge is -2.21. The smallest absolute Gasteiger partial charge is 0.462 e. The summed E-state index contributed by atoms with van der Waals surface area (Å²) < 4.78 is 67.9. The van der Waals surface area contributed by atoms with Crippen LogP contribution in [0.2, 0.25) is 0 Å². The summed E-state index contributed by atoms with van der Waals surface area (Å²) in [4.78, 5) is 72.1. The summed E-state index contributed by atoms with van der Waals surface area (Å²) >= 11 is 0. The van der Waals surface area contributed by atoms with Crippen molar-refractivity contribution in [2.45, 2.75) is 342 Å². The standard InChI is InChI=1S/C65H126O17P2/c1-7-9-11-13-15-16-24-30-37-43-49-64(69)81-60(53-75-62(67)47-41-35-27-14-12-10-8-2)55-79-83(71,72)77-51-59(66)52-78-84(73,74)80-56-61(54-76-63(68)48-42-36-32-26-29-34-40-46-58(5)6)82-65(70)50-44-38-31-25-22-20-18-17-19-21-23-28-33-39-45-57(3)4/h57-61,66H,7-56H2,1-6H3,(H,71,72)(H,73,74)/t59-,60+,61+/m0/s1. The van der Waals surface area contributed by atoms with Gasteiger partial charge in [-0.3, -0.25) is 37.3 Å². The summed E-state index contributed by atoms with van der Waals surface area (Å²) in [6, 6.07) is 0. The summed E-state index contributed by atoms with van der Waals surface area (Å²) in [5.74, 6) is -0.637. The minimum Gasteiger partial charge on any atom is -0.462 e. The van der Waals surface area contributed by atoms with E-state index in [2.05, 4.69) is 41.5 Å². The van der Waals surface area contributed by atoms with Crippen molar-refractivity contribution >= 4 is 39.5 Å². The molecule has 3 N–H and O–H groups in total. The molecule has 0 radical (unpaired) electrons. The Hall–Kier alpha value is -1.94. The van der Waals surface area contributed by atoms with Gasteiger partial charge in [0.1, 0.15) is 19.3 Å². The predicted octanol–water partition coefficient (Wildman–Crippen LogP) is 18.0. The van der Waals surface area contributed by atoms with Crippen molar-refractivity contribution in [2.24, 2.45) is 11.8 Å². The highest BCUT2D eigenvalue weighted by molar-refractivity contribution is 7.47. The van der Waals surface area contributed by atoms with E-state index in [-0.39, 0.29) is 25.7 Å². The summed E-state index contributed by atoms with van der Waals surface area (Å²) in [6.45, 7) is 9.42. The number of unbranched alkanes of at least 4 members (excludes halogenated alkanes) is 34. The van der Waals surface area contributed by atoms with Gasteiger partial charge in [0, 0.05) is 25.7 Å². The molecule has 0 aliphatic heterocycles. The zero-order valence-corrected chi connectivity index (χ0v) is 56.0. The van der Waals surface area contributed by atoms with E-state index in [4.69, 9.17) is 37.0 Å². The number of aliphatic hydroxyl groups excluding tert-OH is 1. The Morgan fingerprint density at radius 3 is 0.810 bits per heavy atom. The Labute approximate surface area is 511 Å². The average molecular weight is 1240 g/mol. The van der Waals surface area contributed by atoms with Crippen LogP contribution in [0.15, 0.2) is 0 Å². The van der Waals surface area contributed by atoms with Crippen molar-refractivity contribution in [3.8, 4) is 0 Å². The quantitative estimate of drug-likeness (QED) is 0.0222. The van der Waals surface area contributed by atoms with Crippen LogP contribution >= 0.6 is 15.6 Å². The van der Waals surface area contributed by atoms with Crippen molar-refractivity contribution in [3.63, 3.8) is 0 Å². The Balaban J connectivity index is 5.18. The topological polar surface area (TPSA) is 237 Å². The maximum absolute atomic E-state index is 13.0. The SMILES string of the molecule is CCCCCCCCCCCCC(=O)O[C@H](COC(=O)CCCCCCCCC)COP(=O)(O)OC[C@H](O)COP(=O)(O)OC[C@@H](COC(=O)CCCCCCCCCC(C)C)OC(=O)CCCCCCCCCCCCCCCCC(C)C. The zero-order valence-electron chi connectivity index (χ0n) is 54.2. The second kappa shape index (κ2) is 57.5. The van der Waals surface area contributed by atoms with Crippen molar-refractivity contribution < 1.29 is 80.2 Å². The van der Waals surface area contributed by atoms with E-state index >= 15 is 0 Å². The Morgan fingerprint density at radius 1 is 0.321 bits per heavy atom. The molecule has 0 aliphatic rings. The van der Waals surface area contributed by atoms with Gasteiger partial charge in [0.05, 0.1) is 26.4 Å². The first-order chi connectivity index (χ1) is 40.4. The minimum atomic E-state index is -4.94. The van der Waals surface area contributed by atoms with Crippen LogP contribution in [0.3, 0.4) is 0 Å². The Bertz CT molecular complexity index is 1650. The van der Waals surface area contributed by atoms with E-state index in [9.17, 15) is 43.2 Å². The van der Waals surface area contributed by atoms with Crippen molar-refractivity contribution in [1.29, 1.82) is 0 Å². The molecule has 2 unspecified atom stereocenters. The molecule has 0 saturated heterocycles. The Morgan fingerprint density at radius 2 is 0.548 bits per heavy atom. The van der Waals surface area contributed by atoms with Gasteiger partial charge in [-0.25, -0.2) is 9.13 Å². The van der Waals surface area contributed by atoms with E-state index in [1.165, 1.54) is 122 Å². The van der Waals surface area contributed by atoms with Crippen LogP contribution in [0.1, 0.15) is 324 Å². The molecular weight excluding hydrogens is 1110 g/mol. The number of hydrogen-bond donors (Lipinski definition) is 3. The van der Waals surface area contributed by atoms with E-state index < -0.39 is 97.5 Å². The maximum atomic E-state index is 13.0. The van der Waals surface area contributed by atoms with Gasteiger partial charge >= 0.3 is 39.5 Å². The lowest BCUT2D eigenvalue weighted by atomic mass is 10.0. The van der Waals surface area contributed by atoms with Gasteiger partial charge in [0.25, 0.3) is 0 Å². The summed E-state index contributed by atoms with van der Waals surface area (Å²) in [7, 11) is -9.88. The van der Waals surface area contributed by atoms with Crippen LogP contribution < -0.4 is 0 Å². The zero-order chi connectivity index (χ0) is 62.2. The Kier molecular flexibility index (Phi) is 56.2. The predicted molar refractivity (Wildman–Crippen MR) is 335 cm³/mol. The largest absolute Gasteiger partial charge is 0.472 e. The van der Waals surface area contributed by atoms with Gasteiger partial charge in [-0.2, -0.15) is 0 Å². The summed E-state index contributed by atoms with van der Waals surface area (Å²) in [6.07, 6.45) is 40.5. The molecule has 498 valence electrons. The number of rotatable bonds is 64. The van der Waals surface area contributed by atoms with Gasteiger partial charge < -0.3 is 33.8 Å². The molecule has 0 aromatic carbocycles. The number of phosphoric ester groups is 2. The number of carbonyl (C=O) groups is 4. The molecule has 0 fully saturated rings. The van der Waals surface area contributed by atoms with Crippen LogP contribution in [-0.2, 0) is 65.4 Å². The lowest BCUT2D eigenvalue weighted by Crippen LogP contribution is -2.30. The molecule has 0 amide bonds. The molecule has 0 aromatic rings. The van der Waals surface area contributed by atoms with Crippen LogP contribution in [-0.4, -0.2) is 96.7 Å². The van der Waals surface area contributed by atoms with Gasteiger partial charge in [0.2, 0.25) is 0 Å². The lowest BCUT2D eigenvalue weighted by molar-refractivity contribution is -0.161. The number of aliphatic hydroxyl groups is 1. The van der Waals surface area contributed by atoms with E-state index in [0.717, 1.165) is 115 Å². The average Bonchev–Trinajstić information content (AvgIpc) is 3.52. The highest BCUT2D eigenvalue weighted by atomic mass is 31.2. The first kappa shape index (κ1) is 82.1. The van der Waals surface area contributed by atoms with Gasteiger partial charge in [-0.15, -0.1) is 0 Å². The fraction of sp³-hybridized carbons (Fsp3) is 0.938. The van der Waals surface area contributed by atoms with Crippen LogP contribution in [0.4, 0.5) is 0 Å².